The lowest BCUT2D eigenvalue weighted by Crippen LogP contribution is -2.25. The van der Waals surface area contributed by atoms with E-state index in [0.29, 0.717) is 5.92 Å². The first-order chi connectivity index (χ1) is 14.0. The van der Waals surface area contributed by atoms with Crippen LogP contribution >= 0.6 is 0 Å². The molecule has 1 aliphatic rings. The predicted molar refractivity (Wildman–Crippen MR) is 130 cm³/mol. The monoisotopic (exact) mass is 396 g/mol. The molecule has 0 heteroatoms. The summed E-state index contributed by atoms with van der Waals surface area (Å²) in [5.41, 5.74) is 10.1. The van der Waals surface area contributed by atoms with E-state index >= 15 is 0 Å². The maximum atomic E-state index is 2.48. The lowest BCUT2D eigenvalue weighted by atomic mass is 9.72. The normalized spacial score (nSPS) is 15.2. The molecule has 0 spiro atoms. The summed E-state index contributed by atoms with van der Waals surface area (Å²) in [6.07, 6.45) is 0. The molecule has 0 aliphatic heterocycles. The van der Waals surface area contributed by atoms with Gasteiger partial charge >= 0.3 is 0 Å². The minimum atomic E-state index is -0.0219. The highest BCUT2D eigenvalue weighted by Gasteiger charge is 2.38. The summed E-state index contributed by atoms with van der Waals surface area (Å²) in [4.78, 5) is 0. The molecule has 30 heavy (non-hydrogen) atoms. The third-order valence-corrected chi connectivity index (χ3v) is 8.08. The molecule has 0 saturated heterocycles. The summed E-state index contributed by atoms with van der Waals surface area (Å²) in [5.74, 6) is 0.598. The van der Waals surface area contributed by atoms with Gasteiger partial charge in [-0.15, -0.1) is 0 Å². The van der Waals surface area contributed by atoms with Crippen LogP contribution in [0.25, 0.3) is 11.1 Å². The fourth-order valence-corrected chi connectivity index (χ4v) is 4.88. The average Bonchev–Trinajstić information content (AvgIpc) is 2.95. The Labute approximate surface area is 183 Å². The number of hydrogen-bond acceptors (Lipinski definition) is 0. The Bertz CT molecular complexity index is 1080. The molecule has 0 radical (unpaired) electrons. The molecule has 0 heterocycles. The van der Waals surface area contributed by atoms with Gasteiger partial charge in [0.1, 0.15) is 0 Å². The van der Waals surface area contributed by atoms with E-state index in [2.05, 4.69) is 122 Å². The van der Waals surface area contributed by atoms with Crippen molar-refractivity contribution in [2.24, 2.45) is 5.92 Å². The molecule has 0 fully saturated rings. The first-order valence-electron chi connectivity index (χ1n) is 11.3. The SMILES string of the molecule is CC(C)C(C)(C)c1ccc2c(c1)C(C)(C)c1cc(C(C)(C)c3ccccc3)ccc1-2. The third-order valence-electron chi connectivity index (χ3n) is 8.08. The Morgan fingerprint density at radius 1 is 0.633 bits per heavy atom. The van der Waals surface area contributed by atoms with Crippen LogP contribution in [0.1, 0.15) is 83.2 Å². The van der Waals surface area contributed by atoms with Gasteiger partial charge in [-0.1, -0.05) is 122 Å². The fraction of sp³-hybridized carbons (Fsp3) is 0.400. The summed E-state index contributed by atoms with van der Waals surface area (Å²) in [5, 5.41) is 0. The second-order valence-electron chi connectivity index (χ2n) is 11.0. The maximum absolute atomic E-state index is 2.48. The van der Waals surface area contributed by atoms with Crippen molar-refractivity contribution < 1.29 is 0 Å². The first-order valence-corrected chi connectivity index (χ1v) is 11.3. The van der Waals surface area contributed by atoms with Crippen molar-refractivity contribution in [2.75, 3.05) is 0 Å². The van der Waals surface area contributed by atoms with Crippen molar-refractivity contribution in [3.63, 3.8) is 0 Å². The number of rotatable bonds is 4. The Kier molecular flexibility index (Phi) is 4.77. The van der Waals surface area contributed by atoms with Gasteiger partial charge in [0.05, 0.1) is 0 Å². The highest BCUT2D eigenvalue weighted by Crippen LogP contribution is 2.51. The molecular formula is C30H36. The third kappa shape index (κ3) is 3.04. The average molecular weight is 397 g/mol. The molecule has 0 aromatic heterocycles. The van der Waals surface area contributed by atoms with Crippen LogP contribution in [0.3, 0.4) is 0 Å². The zero-order chi connectivity index (χ0) is 21.9. The lowest BCUT2D eigenvalue weighted by molar-refractivity contribution is 0.371. The van der Waals surface area contributed by atoms with Crippen molar-refractivity contribution in [1.82, 2.24) is 0 Å². The maximum Gasteiger partial charge on any atom is 0.0159 e. The van der Waals surface area contributed by atoms with E-state index in [4.69, 9.17) is 0 Å². The van der Waals surface area contributed by atoms with Crippen LogP contribution < -0.4 is 0 Å². The molecule has 0 bridgehead atoms. The molecule has 3 aromatic carbocycles. The minimum absolute atomic E-state index is 0.0104. The van der Waals surface area contributed by atoms with Crippen LogP contribution in [0, 0.1) is 5.92 Å². The van der Waals surface area contributed by atoms with Crippen molar-refractivity contribution in [2.45, 2.75) is 71.6 Å². The second kappa shape index (κ2) is 6.84. The minimum Gasteiger partial charge on any atom is -0.0622 e. The quantitative estimate of drug-likeness (QED) is 0.416. The molecule has 0 nitrogen and oxygen atoms in total. The van der Waals surface area contributed by atoms with Crippen LogP contribution in [0.5, 0.6) is 0 Å². The van der Waals surface area contributed by atoms with E-state index in [1.807, 2.05) is 0 Å². The Morgan fingerprint density at radius 3 is 1.67 bits per heavy atom. The highest BCUT2D eigenvalue weighted by molar-refractivity contribution is 5.81. The first kappa shape index (κ1) is 20.9. The molecule has 0 atom stereocenters. The summed E-state index contributed by atoms with van der Waals surface area (Å²) in [7, 11) is 0. The van der Waals surface area contributed by atoms with Gasteiger partial charge in [0.25, 0.3) is 0 Å². The van der Waals surface area contributed by atoms with Crippen LogP contribution in [0.2, 0.25) is 0 Å². The van der Waals surface area contributed by atoms with Crippen LogP contribution in [0.15, 0.2) is 66.7 Å². The van der Waals surface area contributed by atoms with Gasteiger partial charge in [0.2, 0.25) is 0 Å². The Morgan fingerprint density at radius 2 is 1.13 bits per heavy atom. The van der Waals surface area contributed by atoms with E-state index in [-0.39, 0.29) is 16.2 Å². The van der Waals surface area contributed by atoms with E-state index in [0.717, 1.165) is 0 Å². The highest BCUT2D eigenvalue weighted by atomic mass is 14.4. The zero-order valence-corrected chi connectivity index (χ0v) is 19.9. The van der Waals surface area contributed by atoms with Crippen LogP contribution in [-0.2, 0) is 16.2 Å². The smallest absolute Gasteiger partial charge is 0.0159 e. The molecule has 0 amide bonds. The molecule has 0 saturated carbocycles. The standard InChI is InChI=1S/C30H36/c1-20(2)28(3,4)22-14-16-24-25-17-15-23(19-27(25)30(7,8)26(24)18-22)29(5,6)21-12-10-9-11-13-21/h9-20H,1-8H3. The van der Waals surface area contributed by atoms with Crippen LogP contribution in [-0.4, -0.2) is 0 Å². The van der Waals surface area contributed by atoms with Crippen molar-refractivity contribution in [3.8, 4) is 11.1 Å². The predicted octanol–water partition coefficient (Wildman–Crippen LogP) is 8.25. The molecular weight excluding hydrogens is 360 g/mol. The Balaban J connectivity index is 1.83. The summed E-state index contributed by atoms with van der Waals surface area (Å²) >= 11 is 0. The molecule has 0 N–H and O–H groups in total. The van der Waals surface area contributed by atoms with Crippen molar-refractivity contribution in [3.05, 3.63) is 94.5 Å². The number of benzene rings is 3. The lowest BCUT2D eigenvalue weighted by Gasteiger charge is -2.32. The largest absolute Gasteiger partial charge is 0.0622 e. The van der Waals surface area contributed by atoms with E-state index in [9.17, 15) is 0 Å². The zero-order valence-electron chi connectivity index (χ0n) is 19.9. The molecule has 3 aromatic rings. The van der Waals surface area contributed by atoms with Gasteiger partial charge in [-0.3, -0.25) is 0 Å². The van der Waals surface area contributed by atoms with E-state index in [1.165, 1.54) is 38.9 Å². The van der Waals surface area contributed by atoms with Gasteiger partial charge in [-0.05, 0) is 50.3 Å². The molecule has 156 valence electrons. The van der Waals surface area contributed by atoms with Crippen molar-refractivity contribution in [1.29, 1.82) is 0 Å². The van der Waals surface area contributed by atoms with Gasteiger partial charge in [-0.25, -0.2) is 0 Å². The topological polar surface area (TPSA) is 0 Å². The van der Waals surface area contributed by atoms with Crippen molar-refractivity contribution >= 4 is 0 Å². The van der Waals surface area contributed by atoms with E-state index in [1.54, 1.807) is 0 Å². The van der Waals surface area contributed by atoms with Gasteiger partial charge in [0.15, 0.2) is 0 Å². The molecule has 0 unspecified atom stereocenters. The summed E-state index contributed by atoms with van der Waals surface area (Å²) in [6.45, 7) is 18.8. The number of hydrogen-bond donors (Lipinski definition) is 0. The fourth-order valence-electron chi connectivity index (χ4n) is 4.88. The molecule has 1 aliphatic carbocycles. The summed E-state index contributed by atoms with van der Waals surface area (Å²) < 4.78 is 0. The molecule has 4 rings (SSSR count). The number of fused-ring (bicyclic) bond motifs is 3. The van der Waals surface area contributed by atoms with Gasteiger partial charge < -0.3 is 0 Å². The van der Waals surface area contributed by atoms with Crippen LogP contribution in [0.4, 0.5) is 0 Å². The van der Waals surface area contributed by atoms with Gasteiger partial charge in [0, 0.05) is 10.8 Å². The van der Waals surface area contributed by atoms with Gasteiger partial charge in [-0.2, -0.15) is 0 Å². The second-order valence-corrected chi connectivity index (χ2v) is 11.0. The summed E-state index contributed by atoms with van der Waals surface area (Å²) in [6, 6.07) is 25.2. The van der Waals surface area contributed by atoms with E-state index < -0.39 is 0 Å². The Hall–Kier alpha value is -2.34.